The molecule has 406 valence electrons. The molecule has 0 bridgehead atoms. The largest absolute Gasteiger partial charge is 0.465 e. The van der Waals surface area contributed by atoms with Gasteiger partial charge in [-0.3, -0.25) is 14.5 Å². The van der Waals surface area contributed by atoms with E-state index in [4.69, 9.17) is 9.47 Å². The molecule has 0 amide bonds. The van der Waals surface area contributed by atoms with E-state index in [1.54, 1.807) is 0 Å². The minimum Gasteiger partial charge on any atom is -0.465 e. The molecule has 0 aliphatic heterocycles. The highest BCUT2D eigenvalue weighted by molar-refractivity contribution is 5.72. The Kier molecular flexibility index (Phi) is 54.3. The number of carbonyl (C=O) groups excluding carboxylic acids is 2. The summed E-state index contributed by atoms with van der Waals surface area (Å²) in [4.78, 5) is 29.0. The Labute approximate surface area is 426 Å². The predicted molar refractivity (Wildman–Crippen MR) is 297 cm³/mol. The lowest BCUT2D eigenvalue weighted by molar-refractivity contribution is -0.150. The first-order chi connectivity index (χ1) is 33.5. The average molecular weight is 963 g/mol. The first-order valence-corrected chi connectivity index (χ1v) is 31.2. The Balaban J connectivity index is 4.93. The summed E-state index contributed by atoms with van der Waals surface area (Å²) >= 11 is 0. The van der Waals surface area contributed by atoms with Crippen molar-refractivity contribution in [2.24, 2.45) is 11.8 Å². The molecule has 3 unspecified atom stereocenters. The number of hydrogen-bond donors (Lipinski definition) is 1. The minimum absolute atomic E-state index is 0.0548. The summed E-state index contributed by atoms with van der Waals surface area (Å²) in [6.07, 6.45) is 57.6. The van der Waals surface area contributed by atoms with Crippen LogP contribution in [0.2, 0.25) is 0 Å². The van der Waals surface area contributed by atoms with Gasteiger partial charge in [-0.15, -0.1) is 0 Å². The van der Waals surface area contributed by atoms with Gasteiger partial charge in [0.25, 0.3) is 0 Å². The Bertz CT molecular complexity index is 948. The molecule has 6 heteroatoms. The van der Waals surface area contributed by atoms with E-state index < -0.39 is 0 Å². The van der Waals surface area contributed by atoms with Crippen molar-refractivity contribution in [2.75, 3.05) is 32.9 Å². The van der Waals surface area contributed by atoms with Crippen LogP contribution in [0.15, 0.2) is 0 Å². The molecule has 0 radical (unpaired) electrons. The molecule has 0 aromatic rings. The van der Waals surface area contributed by atoms with Crippen molar-refractivity contribution >= 4 is 11.9 Å². The van der Waals surface area contributed by atoms with Crippen molar-refractivity contribution in [3.05, 3.63) is 0 Å². The quantitative estimate of drug-likeness (QED) is 0.0483. The molecule has 1 N–H and O–H groups in total. The maximum absolute atomic E-state index is 13.2. The van der Waals surface area contributed by atoms with Gasteiger partial charge < -0.3 is 14.6 Å². The summed E-state index contributed by atoms with van der Waals surface area (Å²) in [5, 5.41) is 10.7. The van der Waals surface area contributed by atoms with Gasteiger partial charge in [-0.05, 0) is 70.9 Å². The number of hydrogen-bond acceptors (Lipinski definition) is 6. The smallest absolute Gasteiger partial charge is 0.308 e. The zero-order valence-electron chi connectivity index (χ0n) is 47.0. The molecule has 6 nitrogen and oxygen atoms in total. The fourth-order valence-corrected chi connectivity index (χ4v) is 10.3. The van der Waals surface area contributed by atoms with E-state index in [1.807, 2.05) is 0 Å². The number of carbonyl (C=O) groups is 2. The molecule has 0 aliphatic rings. The summed E-state index contributed by atoms with van der Waals surface area (Å²) in [6.45, 7) is 14.7. The summed E-state index contributed by atoms with van der Waals surface area (Å²) in [7, 11) is 0. The molecule has 3 atom stereocenters. The van der Waals surface area contributed by atoms with E-state index in [0.29, 0.717) is 13.2 Å². The highest BCUT2D eigenvalue weighted by Gasteiger charge is 2.21. The molecule has 0 aromatic heterocycles. The monoisotopic (exact) mass is 962 g/mol. The standard InChI is InChI=1S/C62H123NO5/c1-6-11-16-21-24-25-26-27-28-29-30-31-34-43-52-60(57-64)63(53-44-35-37-46-55-67-61(65)58(48-39-19-14-9-4)50-41-32-22-17-12-7-2)54-45-36-38-47-56-68-62(66)59(49-40-20-15-10-5)51-42-33-23-18-13-8-3/h58-60,64H,6-57H2,1-5H3. The van der Waals surface area contributed by atoms with Crippen molar-refractivity contribution in [2.45, 2.75) is 342 Å². The van der Waals surface area contributed by atoms with E-state index in [1.165, 1.54) is 193 Å². The van der Waals surface area contributed by atoms with Gasteiger partial charge in [0.1, 0.15) is 0 Å². The summed E-state index contributed by atoms with van der Waals surface area (Å²) in [5.74, 6) is 0.265. The number of nitrogens with zero attached hydrogens (tertiary/aromatic N) is 1. The molecular formula is C62H123NO5. The zero-order valence-corrected chi connectivity index (χ0v) is 47.0. The van der Waals surface area contributed by atoms with E-state index in [-0.39, 0.29) is 36.4 Å². The van der Waals surface area contributed by atoms with Gasteiger partial charge in [-0.25, -0.2) is 0 Å². The molecular weight excluding hydrogens is 839 g/mol. The maximum Gasteiger partial charge on any atom is 0.308 e. The molecule has 0 aliphatic carbocycles. The van der Waals surface area contributed by atoms with Crippen molar-refractivity contribution in [1.29, 1.82) is 0 Å². The van der Waals surface area contributed by atoms with Crippen LogP contribution in [0, 0.1) is 11.8 Å². The predicted octanol–water partition coefficient (Wildman–Crippen LogP) is 19.4. The topological polar surface area (TPSA) is 76.1 Å². The highest BCUT2D eigenvalue weighted by atomic mass is 16.5. The SMILES string of the molecule is CCCCCCCCCCCCCCCCC(CO)N(CCCCCCOC(=O)C(CCCCCC)CCCCCCCC)CCCCCCOC(=O)C(CCCCCC)CCCCCCCC. The molecule has 0 saturated carbocycles. The lowest BCUT2D eigenvalue weighted by Gasteiger charge is -2.31. The van der Waals surface area contributed by atoms with Crippen molar-refractivity contribution in [3.63, 3.8) is 0 Å². The molecule has 0 aromatic carbocycles. The minimum atomic E-state index is 0.0548. The maximum atomic E-state index is 13.2. The Morgan fingerprint density at radius 1 is 0.324 bits per heavy atom. The van der Waals surface area contributed by atoms with Crippen LogP contribution >= 0.6 is 0 Å². The Hall–Kier alpha value is -1.14. The van der Waals surface area contributed by atoms with Crippen LogP contribution in [-0.2, 0) is 19.1 Å². The number of esters is 2. The zero-order chi connectivity index (χ0) is 49.6. The number of aliphatic hydroxyl groups excluding tert-OH is 1. The third-order valence-electron chi connectivity index (χ3n) is 15.1. The summed E-state index contributed by atoms with van der Waals surface area (Å²) < 4.78 is 11.8. The second kappa shape index (κ2) is 55.2. The summed E-state index contributed by atoms with van der Waals surface area (Å²) in [6, 6.07) is 0.232. The first-order valence-electron chi connectivity index (χ1n) is 31.2. The van der Waals surface area contributed by atoms with Gasteiger partial charge in [-0.2, -0.15) is 0 Å². The van der Waals surface area contributed by atoms with Gasteiger partial charge in [0.05, 0.1) is 31.7 Å². The second-order valence-electron chi connectivity index (χ2n) is 21.6. The molecule has 0 spiro atoms. The second-order valence-corrected chi connectivity index (χ2v) is 21.6. The number of aliphatic hydroxyl groups is 1. The first kappa shape index (κ1) is 66.9. The summed E-state index contributed by atoms with van der Waals surface area (Å²) in [5.41, 5.74) is 0. The molecule has 0 fully saturated rings. The van der Waals surface area contributed by atoms with Gasteiger partial charge in [0, 0.05) is 6.04 Å². The number of ether oxygens (including phenoxy) is 2. The van der Waals surface area contributed by atoms with E-state index in [0.717, 1.165) is 122 Å². The van der Waals surface area contributed by atoms with Crippen LogP contribution in [0.1, 0.15) is 336 Å². The number of unbranched alkanes of at least 4 members (excludes halogenated alkanes) is 35. The van der Waals surface area contributed by atoms with Gasteiger partial charge in [0.2, 0.25) is 0 Å². The van der Waals surface area contributed by atoms with E-state index >= 15 is 0 Å². The van der Waals surface area contributed by atoms with Crippen molar-refractivity contribution in [3.8, 4) is 0 Å². The van der Waals surface area contributed by atoms with Crippen LogP contribution in [0.3, 0.4) is 0 Å². The average Bonchev–Trinajstić information content (AvgIpc) is 3.34. The van der Waals surface area contributed by atoms with E-state index in [2.05, 4.69) is 39.5 Å². The molecule has 0 rings (SSSR count). The normalized spacial score (nSPS) is 13.0. The Morgan fingerprint density at radius 2 is 0.559 bits per heavy atom. The van der Waals surface area contributed by atoms with Gasteiger partial charge in [-0.1, -0.05) is 279 Å². The van der Waals surface area contributed by atoms with Crippen LogP contribution in [-0.4, -0.2) is 60.9 Å². The van der Waals surface area contributed by atoms with Gasteiger partial charge >= 0.3 is 11.9 Å². The van der Waals surface area contributed by atoms with Crippen molar-refractivity contribution < 1.29 is 24.2 Å². The number of rotatable bonds is 57. The third-order valence-corrected chi connectivity index (χ3v) is 15.1. The molecule has 0 heterocycles. The van der Waals surface area contributed by atoms with Crippen LogP contribution in [0.25, 0.3) is 0 Å². The lowest BCUT2D eigenvalue weighted by Crippen LogP contribution is -2.39. The molecule has 68 heavy (non-hydrogen) atoms. The lowest BCUT2D eigenvalue weighted by atomic mass is 9.94. The fraction of sp³-hybridized carbons (Fsp3) is 0.968. The van der Waals surface area contributed by atoms with Crippen LogP contribution in [0.4, 0.5) is 0 Å². The van der Waals surface area contributed by atoms with Crippen molar-refractivity contribution in [1.82, 2.24) is 4.90 Å². The van der Waals surface area contributed by atoms with Crippen LogP contribution < -0.4 is 0 Å². The van der Waals surface area contributed by atoms with E-state index in [9.17, 15) is 14.7 Å². The molecule has 0 saturated heterocycles. The van der Waals surface area contributed by atoms with Crippen LogP contribution in [0.5, 0.6) is 0 Å². The fourth-order valence-electron chi connectivity index (χ4n) is 10.3. The van der Waals surface area contributed by atoms with Gasteiger partial charge in [0.15, 0.2) is 0 Å². The highest BCUT2D eigenvalue weighted by Crippen LogP contribution is 2.23. The third kappa shape index (κ3) is 44.8. The Morgan fingerprint density at radius 3 is 0.853 bits per heavy atom.